The van der Waals surface area contributed by atoms with Gasteiger partial charge in [0.1, 0.15) is 5.02 Å². The van der Waals surface area contributed by atoms with Crippen molar-refractivity contribution >= 4 is 34.5 Å². The highest BCUT2D eigenvalue weighted by Gasteiger charge is 2.37. The van der Waals surface area contributed by atoms with Gasteiger partial charge in [0.2, 0.25) is 0 Å². The van der Waals surface area contributed by atoms with E-state index < -0.39 is 17.8 Å². The number of hydrogen-bond donors (Lipinski definition) is 0. The van der Waals surface area contributed by atoms with Crippen molar-refractivity contribution in [2.75, 3.05) is 13.1 Å². The number of piperidine rings is 1. The Kier molecular flexibility index (Phi) is 4.83. The summed E-state index contributed by atoms with van der Waals surface area (Å²) in [5.41, 5.74) is -1.25. The van der Waals surface area contributed by atoms with Crippen molar-refractivity contribution in [3.05, 3.63) is 40.0 Å². The molecule has 4 rings (SSSR count). The molecule has 0 aliphatic carbocycles. The second-order valence-corrected chi connectivity index (χ2v) is 8.20. The molecular weight excluding hydrogens is 413 g/mol. The van der Waals surface area contributed by atoms with Gasteiger partial charge in [-0.15, -0.1) is 11.3 Å². The SMILES string of the molecule is CC1CCN(C(=O)c2nn3c(C(F)(F)F)cc(-c4cccs4)nc3c2Cl)CC1. The summed E-state index contributed by atoms with van der Waals surface area (Å²) < 4.78 is 41.6. The third-order valence-corrected chi connectivity index (χ3v) is 6.11. The lowest BCUT2D eigenvalue weighted by molar-refractivity contribution is -0.142. The molecule has 10 heteroatoms. The van der Waals surface area contributed by atoms with Crippen molar-refractivity contribution in [1.29, 1.82) is 0 Å². The Hall–Kier alpha value is -2.13. The van der Waals surface area contributed by atoms with E-state index >= 15 is 0 Å². The quantitative estimate of drug-likeness (QED) is 0.577. The monoisotopic (exact) mass is 428 g/mol. The van der Waals surface area contributed by atoms with Gasteiger partial charge in [-0.25, -0.2) is 9.50 Å². The Morgan fingerprint density at radius 2 is 2.04 bits per heavy atom. The van der Waals surface area contributed by atoms with Crippen LogP contribution in [0, 0.1) is 5.92 Å². The van der Waals surface area contributed by atoms with E-state index in [4.69, 9.17) is 11.6 Å². The van der Waals surface area contributed by atoms with Crippen molar-refractivity contribution in [3.8, 4) is 10.6 Å². The predicted octanol–water partition coefficient (Wildman–Crippen LogP) is 5.00. The minimum absolute atomic E-state index is 0.141. The summed E-state index contributed by atoms with van der Waals surface area (Å²) in [6.45, 7) is 3.17. The van der Waals surface area contributed by atoms with Gasteiger partial charge in [-0.1, -0.05) is 24.6 Å². The highest BCUT2D eigenvalue weighted by Crippen LogP contribution is 2.35. The summed E-state index contributed by atoms with van der Waals surface area (Å²) in [6.07, 6.45) is -3.00. The lowest BCUT2D eigenvalue weighted by Gasteiger charge is -2.29. The highest BCUT2D eigenvalue weighted by molar-refractivity contribution is 7.13. The molecule has 3 aromatic rings. The second-order valence-electron chi connectivity index (χ2n) is 6.87. The fourth-order valence-corrected chi connectivity index (χ4v) is 4.17. The summed E-state index contributed by atoms with van der Waals surface area (Å²) in [7, 11) is 0. The number of thiophene rings is 1. The summed E-state index contributed by atoms with van der Waals surface area (Å²) in [6, 6.07) is 4.33. The molecule has 28 heavy (non-hydrogen) atoms. The zero-order valence-electron chi connectivity index (χ0n) is 14.8. The summed E-state index contributed by atoms with van der Waals surface area (Å²) in [4.78, 5) is 19.2. The first kappa shape index (κ1) is 19.2. The number of hydrogen-bond acceptors (Lipinski definition) is 4. The number of nitrogens with zero attached hydrogens (tertiary/aromatic N) is 4. The number of amides is 1. The van der Waals surface area contributed by atoms with E-state index in [9.17, 15) is 18.0 Å². The van der Waals surface area contributed by atoms with E-state index in [1.54, 1.807) is 22.4 Å². The van der Waals surface area contributed by atoms with E-state index in [0.29, 0.717) is 28.4 Å². The molecule has 0 radical (unpaired) electrons. The standard InChI is InChI=1S/C18H16ClF3N4OS/c1-10-4-6-25(7-5-10)17(27)15-14(19)16-23-11(12-3-2-8-28-12)9-13(18(20,21)22)26(16)24-15/h2-3,8-10H,4-7H2,1H3. The van der Waals surface area contributed by atoms with Crippen molar-refractivity contribution in [2.45, 2.75) is 25.9 Å². The molecule has 0 bridgehead atoms. The van der Waals surface area contributed by atoms with Crippen LogP contribution in [0.4, 0.5) is 13.2 Å². The normalized spacial score (nSPS) is 16.1. The Balaban J connectivity index is 1.84. The van der Waals surface area contributed by atoms with E-state index in [1.165, 1.54) is 11.3 Å². The first-order valence-electron chi connectivity index (χ1n) is 8.75. The lowest BCUT2D eigenvalue weighted by Crippen LogP contribution is -2.38. The third kappa shape index (κ3) is 3.37. The van der Waals surface area contributed by atoms with E-state index in [1.807, 2.05) is 0 Å². The number of alkyl halides is 3. The molecule has 0 N–H and O–H groups in total. The zero-order chi connectivity index (χ0) is 20.1. The molecule has 1 aliphatic heterocycles. The van der Waals surface area contributed by atoms with Crippen LogP contribution >= 0.6 is 22.9 Å². The molecule has 0 saturated carbocycles. The number of carbonyl (C=O) groups is 1. The Morgan fingerprint density at radius 3 is 2.64 bits per heavy atom. The van der Waals surface area contributed by atoms with Crippen LogP contribution in [0.3, 0.4) is 0 Å². The van der Waals surface area contributed by atoms with Gasteiger partial charge in [0.15, 0.2) is 17.0 Å². The number of aromatic nitrogens is 3. The molecular formula is C18H16ClF3N4OS. The molecule has 0 spiro atoms. The van der Waals surface area contributed by atoms with Gasteiger partial charge < -0.3 is 4.90 Å². The molecule has 0 atom stereocenters. The molecule has 5 nitrogen and oxygen atoms in total. The largest absolute Gasteiger partial charge is 0.433 e. The molecule has 1 saturated heterocycles. The molecule has 0 unspecified atom stereocenters. The summed E-state index contributed by atoms with van der Waals surface area (Å²) in [5, 5.41) is 5.50. The van der Waals surface area contributed by atoms with Gasteiger partial charge in [0.25, 0.3) is 5.91 Å². The van der Waals surface area contributed by atoms with Crippen LogP contribution in [0.2, 0.25) is 5.02 Å². The molecule has 4 heterocycles. The second kappa shape index (κ2) is 7.04. The number of halogens is 4. The molecule has 1 fully saturated rings. The van der Waals surface area contributed by atoms with Crippen molar-refractivity contribution < 1.29 is 18.0 Å². The van der Waals surface area contributed by atoms with E-state index in [0.717, 1.165) is 18.9 Å². The minimum atomic E-state index is -4.68. The van der Waals surface area contributed by atoms with Gasteiger partial charge in [0, 0.05) is 13.1 Å². The molecule has 0 aromatic carbocycles. The molecule has 1 amide bonds. The van der Waals surface area contributed by atoms with Crippen LogP contribution in [-0.4, -0.2) is 38.5 Å². The summed E-state index contributed by atoms with van der Waals surface area (Å²) in [5.74, 6) is 0.0423. The fourth-order valence-electron chi connectivity index (χ4n) is 3.24. The van der Waals surface area contributed by atoms with Crippen molar-refractivity contribution in [1.82, 2.24) is 19.5 Å². The van der Waals surface area contributed by atoms with Gasteiger partial charge in [0.05, 0.1) is 10.6 Å². The maximum absolute atomic E-state index is 13.7. The topological polar surface area (TPSA) is 50.5 Å². The number of rotatable bonds is 2. The highest BCUT2D eigenvalue weighted by atomic mass is 35.5. The first-order chi connectivity index (χ1) is 13.3. The zero-order valence-corrected chi connectivity index (χ0v) is 16.4. The Morgan fingerprint density at radius 1 is 1.32 bits per heavy atom. The smallest absolute Gasteiger partial charge is 0.337 e. The van der Waals surface area contributed by atoms with Gasteiger partial charge >= 0.3 is 6.18 Å². The maximum Gasteiger partial charge on any atom is 0.433 e. The van der Waals surface area contributed by atoms with Gasteiger partial charge in [-0.05, 0) is 36.3 Å². The lowest BCUT2D eigenvalue weighted by atomic mass is 9.99. The third-order valence-electron chi connectivity index (χ3n) is 4.87. The fraction of sp³-hybridized carbons (Fsp3) is 0.389. The van der Waals surface area contributed by atoms with Crippen molar-refractivity contribution in [2.24, 2.45) is 5.92 Å². The summed E-state index contributed by atoms with van der Waals surface area (Å²) >= 11 is 7.57. The van der Waals surface area contributed by atoms with Gasteiger partial charge in [-0.2, -0.15) is 18.3 Å². The average molecular weight is 429 g/mol. The van der Waals surface area contributed by atoms with Gasteiger partial charge in [-0.3, -0.25) is 4.79 Å². The van der Waals surface area contributed by atoms with Crippen LogP contribution in [0.1, 0.15) is 35.9 Å². The average Bonchev–Trinajstić information content (AvgIpc) is 3.29. The maximum atomic E-state index is 13.7. The molecule has 1 aliphatic rings. The van der Waals surface area contributed by atoms with Crippen LogP contribution in [0.25, 0.3) is 16.2 Å². The Bertz CT molecular complexity index is 1020. The van der Waals surface area contributed by atoms with Crippen LogP contribution < -0.4 is 0 Å². The first-order valence-corrected chi connectivity index (χ1v) is 10.0. The van der Waals surface area contributed by atoms with Crippen LogP contribution in [-0.2, 0) is 6.18 Å². The van der Waals surface area contributed by atoms with E-state index in [-0.39, 0.29) is 22.1 Å². The minimum Gasteiger partial charge on any atom is -0.337 e. The van der Waals surface area contributed by atoms with Crippen LogP contribution in [0.15, 0.2) is 23.6 Å². The molecule has 148 valence electrons. The van der Waals surface area contributed by atoms with Crippen LogP contribution in [0.5, 0.6) is 0 Å². The molecule has 3 aromatic heterocycles. The predicted molar refractivity (Wildman–Crippen MR) is 101 cm³/mol. The van der Waals surface area contributed by atoms with E-state index in [2.05, 4.69) is 17.0 Å². The van der Waals surface area contributed by atoms with Crippen molar-refractivity contribution in [3.63, 3.8) is 0 Å². The number of fused-ring (bicyclic) bond motifs is 1. The Labute approximate surface area is 167 Å². The number of likely N-dealkylation sites (tertiary alicyclic amines) is 1. The number of carbonyl (C=O) groups excluding carboxylic acids is 1.